The highest BCUT2D eigenvalue weighted by molar-refractivity contribution is 5.67. The molecule has 0 fully saturated rings. The lowest BCUT2D eigenvalue weighted by atomic mass is 10.3. The molecule has 6 nitrogen and oxygen atoms in total. The third-order valence-corrected chi connectivity index (χ3v) is 0.470. The monoisotopic (exact) mass is 166 g/mol. The molecule has 66 valence electrons. The van der Waals surface area contributed by atoms with Gasteiger partial charge in [0.15, 0.2) is 0 Å². The maximum atomic E-state index is 9.65. The normalized spacial score (nSPS) is 10.7. The van der Waals surface area contributed by atoms with Crippen molar-refractivity contribution >= 4 is 12.1 Å². The number of aliphatic hydroxyl groups excluding tert-OH is 1. The maximum absolute atomic E-state index is 9.65. The SMILES string of the molecule is C[C@@H](O)CC(=O)O.O=C(O)O. The Morgan fingerprint density at radius 3 is 1.55 bits per heavy atom. The second kappa shape index (κ2) is 6.81. The molecule has 0 spiro atoms. The van der Waals surface area contributed by atoms with Gasteiger partial charge in [0, 0.05) is 0 Å². The third kappa shape index (κ3) is 53.6. The Morgan fingerprint density at radius 1 is 1.27 bits per heavy atom. The fourth-order valence-electron chi connectivity index (χ4n) is 0.253. The summed E-state index contributed by atoms with van der Waals surface area (Å²) in [6.07, 6.45) is -2.72. The van der Waals surface area contributed by atoms with Gasteiger partial charge in [-0.2, -0.15) is 0 Å². The largest absolute Gasteiger partial charge is 0.503 e. The predicted octanol–water partition coefficient (Wildman–Crippen LogP) is 0.0643. The first-order valence-corrected chi connectivity index (χ1v) is 2.68. The number of carbonyl (C=O) groups is 2. The summed E-state index contributed by atoms with van der Waals surface area (Å²) in [6, 6.07) is 0. The fourth-order valence-corrected chi connectivity index (χ4v) is 0.253. The Morgan fingerprint density at radius 2 is 1.55 bits per heavy atom. The third-order valence-electron chi connectivity index (χ3n) is 0.470. The van der Waals surface area contributed by atoms with E-state index in [0.29, 0.717) is 0 Å². The number of aliphatic carboxylic acids is 1. The van der Waals surface area contributed by atoms with Gasteiger partial charge in [0.1, 0.15) is 0 Å². The van der Waals surface area contributed by atoms with Gasteiger partial charge in [0.25, 0.3) is 0 Å². The molecule has 0 aliphatic rings. The number of carboxylic acid groups (broad SMARTS) is 3. The van der Waals surface area contributed by atoms with Crippen molar-refractivity contribution < 1.29 is 30.0 Å². The van der Waals surface area contributed by atoms with Crippen molar-refractivity contribution in [3.63, 3.8) is 0 Å². The van der Waals surface area contributed by atoms with Crippen LogP contribution >= 0.6 is 0 Å². The molecule has 0 aromatic carbocycles. The Labute approximate surface area is 62.7 Å². The average molecular weight is 166 g/mol. The summed E-state index contributed by atoms with van der Waals surface area (Å²) >= 11 is 0. The van der Waals surface area contributed by atoms with Crippen LogP contribution in [0.3, 0.4) is 0 Å². The van der Waals surface area contributed by atoms with Gasteiger partial charge < -0.3 is 20.4 Å². The lowest BCUT2D eigenvalue weighted by Gasteiger charge is -1.94. The van der Waals surface area contributed by atoms with Gasteiger partial charge in [0.05, 0.1) is 12.5 Å². The first-order valence-electron chi connectivity index (χ1n) is 2.68. The minimum atomic E-state index is -1.83. The van der Waals surface area contributed by atoms with Crippen LogP contribution in [0.5, 0.6) is 0 Å². The predicted molar refractivity (Wildman–Crippen MR) is 34.6 cm³/mol. The van der Waals surface area contributed by atoms with Crippen LogP contribution in [-0.4, -0.2) is 38.7 Å². The molecule has 0 bridgehead atoms. The van der Waals surface area contributed by atoms with E-state index in [1.54, 1.807) is 0 Å². The molecule has 0 saturated heterocycles. The highest BCUT2D eigenvalue weighted by atomic mass is 16.6. The quantitative estimate of drug-likeness (QED) is 0.461. The topological polar surface area (TPSA) is 115 Å². The number of rotatable bonds is 2. The standard InChI is InChI=1S/C4H8O3.CH2O3/c1-3(5)2-4(6)7;2-1(3)4/h3,5H,2H2,1H3,(H,6,7);(H2,2,3,4)/t3-;/m1./s1. The minimum Gasteiger partial charge on any atom is -0.481 e. The van der Waals surface area contributed by atoms with E-state index in [-0.39, 0.29) is 6.42 Å². The summed E-state index contributed by atoms with van der Waals surface area (Å²) in [7, 11) is 0. The Kier molecular flexibility index (Phi) is 7.67. The minimum absolute atomic E-state index is 0.167. The molecule has 0 aromatic rings. The number of carboxylic acids is 1. The smallest absolute Gasteiger partial charge is 0.481 e. The molecule has 0 saturated carbocycles. The van der Waals surface area contributed by atoms with Crippen molar-refractivity contribution in [3.8, 4) is 0 Å². The molecular formula is C5H10O6. The van der Waals surface area contributed by atoms with E-state index >= 15 is 0 Å². The lowest BCUT2D eigenvalue weighted by Crippen LogP contribution is -2.07. The molecule has 0 unspecified atom stereocenters. The summed E-state index contributed by atoms with van der Waals surface area (Å²) in [6.45, 7) is 1.44. The summed E-state index contributed by atoms with van der Waals surface area (Å²) in [5.74, 6) is -0.963. The van der Waals surface area contributed by atoms with E-state index in [0.717, 1.165) is 0 Å². The Balaban J connectivity index is 0. The van der Waals surface area contributed by atoms with E-state index in [2.05, 4.69) is 0 Å². The molecule has 0 heterocycles. The highest BCUT2D eigenvalue weighted by Crippen LogP contribution is 1.85. The van der Waals surface area contributed by atoms with Crippen LogP contribution in [0.25, 0.3) is 0 Å². The van der Waals surface area contributed by atoms with Gasteiger partial charge in [-0.15, -0.1) is 0 Å². The molecule has 4 N–H and O–H groups in total. The maximum Gasteiger partial charge on any atom is 0.503 e. The molecule has 0 radical (unpaired) electrons. The van der Waals surface area contributed by atoms with Crippen LogP contribution in [0, 0.1) is 0 Å². The summed E-state index contributed by atoms with van der Waals surface area (Å²) in [5.41, 5.74) is 0. The zero-order chi connectivity index (χ0) is 9.44. The van der Waals surface area contributed by atoms with Crippen LogP contribution in [-0.2, 0) is 4.79 Å². The first-order chi connectivity index (χ1) is 4.86. The van der Waals surface area contributed by atoms with E-state index in [1.807, 2.05) is 0 Å². The van der Waals surface area contributed by atoms with Gasteiger partial charge in [0.2, 0.25) is 0 Å². The van der Waals surface area contributed by atoms with E-state index in [4.69, 9.17) is 25.2 Å². The molecule has 1 atom stereocenters. The van der Waals surface area contributed by atoms with Gasteiger partial charge in [-0.25, -0.2) is 4.79 Å². The zero-order valence-corrected chi connectivity index (χ0v) is 5.89. The van der Waals surface area contributed by atoms with Crippen molar-refractivity contribution in [2.24, 2.45) is 0 Å². The van der Waals surface area contributed by atoms with Crippen LogP contribution < -0.4 is 0 Å². The van der Waals surface area contributed by atoms with E-state index in [1.165, 1.54) is 6.92 Å². The molecule has 6 heteroatoms. The number of hydrogen-bond donors (Lipinski definition) is 4. The van der Waals surface area contributed by atoms with Crippen LogP contribution in [0.4, 0.5) is 4.79 Å². The second-order valence-electron chi connectivity index (χ2n) is 1.73. The number of aliphatic hydroxyl groups is 1. The summed E-state index contributed by atoms with van der Waals surface area (Å²) < 4.78 is 0. The molecule has 11 heavy (non-hydrogen) atoms. The van der Waals surface area contributed by atoms with Gasteiger partial charge in [-0.3, -0.25) is 4.79 Å². The molecule has 0 amide bonds. The Bertz CT molecular complexity index is 125. The van der Waals surface area contributed by atoms with Crippen LogP contribution in [0.15, 0.2) is 0 Å². The molecule has 0 rings (SSSR count). The zero-order valence-electron chi connectivity index (χ0n) is 5.89. The van der Waals surface area contributed by atoms with Crippen LogP contribution in [0.1, 0.15) is 13.3 Å². The summed E-state index contributed by atoms with van der Waals surface area (Å²) in [5, 5.41) is 30.2. The van der Waals surface area contributed by atoms with Gasteiger partial charge >= 0.3 is 12.1 Å². The second-order valence-corrected chi connectivity index (χ2v) is 1.73. The fraction of sp³-hybridized carbons (Fsp3) is 0.600. The van der Waals surface area contributed by atoms with Crippen LogP contribution in [0.2, 0.25) is 0 Å². The summed E-state index contributed by atoms with van der Waals surface area (Å²) in [4.78, 5) is 18.2. The van der Waals surface area contributed by atoms with Crippen molar-refractivity contribution in [1.82, 2.24) is 0 Å². The molecule has 0 aliphatic carbocycles. The molecule has 0 aromatic heterocycles. The average Bonchev–Trinajstić information content (AvgIpc) is 1.56. The van der Waals surface area contributed by atoms with Crippen molar-refractivity contribution in [2.45, 2.75) is 19.4 Å². The van der Waals surface area contributed by atoms with Gasteiger partial charge in [-0.05, 0) is 6.92 Å². The van der Waals surface area contributed by atoms with E-state index in [9.17, 15) is 4.79 Å². The van der Waals surface area contributed by atoms with Crippen molar-refractivity contribution in [1.29, 1.82) is 0 Å². The first kappa shape index (κ1) is 12.4. The van der Waals surface area contributed by atoms with Crippen molar-refractivity contribution in [2.75, 3.05) is 0 Å². The molecule has 0 aliphatic heterocycles. The lowest BCUT2D eigenvalue weighted by molar-refractivity contribution is -0.138. The van der Waals surface area contributed by atoms with E-state index < -0.39 is 18.2 Å². The Hall–Kier alpha value is -1.30. The highest BCUT2D eigenvalue weighted by Gasteiger charge is 2.00. The number of hydrogen-bond acceptors (Lipinski definition) is 3. The molecular weight excluding hydrogens is 156 g/mol. The van der Waals surface area contributed by atoms with Gasteiger partial charge in [-0.1, -0.05) is 0 Å². The van der Waals surface area contributed by atoms with Crippen molar-refractivity contribution in [3.05, 3.63) is 0 Å².